The van der Waals surface area contributed by atoms with Gasteiger partial charge in [0.2, 0.25) is 0 Å². The zero-order valence-corrected chi connectivity index (χ0v) is 14.8. The number of carboxylic acid groups (broad SMARTS) is 1. The summed E-state index contributed by atoms with van der Waals surface area (Å²) >= 11 is 0. The van der Waals surface area contributed by atoms with Gasteiger partial charge in [-0.25, -0.2) is 0 Å². The summed E-state index contributed by atoms with van der Waals surface area (Å²) < 4.78 is 0. The van der Waals surface area contributed by atoms with Gasteiger partial charge in [0.15, 0.2) is 0 Å². The molecule has 1 fully saturated rings. The topological polar surface area (TPSA) is 62.2 Å². The van der Waals surface area contributed by atoms with Gasteiger partial charge in [-0.3, -0.25) is 9.78 Å². The Balaban J connectivity index is 1.70. The third-order valence-electron chi connectivity index (χ3n) is 5.09. The van der Waals surface area contributed by atoms with Gasteiger partial charge in [-0.05, 0) is 59.2 Å². The van der Waals surface area contributed by atoms with Crippen molar-refractivity contribution in [2.75, 3.05) is 5.32 Å². The van der Waals surface area contributed by atoms with Crippen LogP contribution >= 0.6 is 0 Å². The van der Waals surface area contributed by atoms with Crippen molar-refractivity contribution < 1.29 is 9.90 Å². The Morgan fingerprint density at radius 2 is 1.92 bits per heavy atom. The van der Waals surface area contributed by atoms with Crippen molar-refractivity contribution in [3.8, 4) is 0 Å². The summed E-state index contributed by atoms with van der Waals surface area (Å²) in [5, 5.41) is 14.9. The second-order valence-corrected chi connectivity index (χ2v) is 7.05. The van der Waals surface area contributed by atoms with Gasteiger partial charge in [-0.1, -0.05) is 36.4 Å². The molecule has 0 amide bonds. The van der Waals surface area contributed by atoms with E-state index in [9.17, 15) is 9.90 Å². The molecule has 26 heavy (non-hydrogen) atoms. The average molecular weight is 346 g/mol. The van der Waals surface area contributed by atoms with Gasteiger partial charge in [-0.15, -0.1) is 0 Å². The second-order valence-electron chi connectivity index (χ2n) is 7.05. The first-order chi connectivity index (χ1) is 12.6. The molecule has 0 radical (unpaired) electrons. The third-order valence-corrected chi connectivity index (χ3v) is 5.09. The number of pyridine rings is 1. The highest BCUT2D eigenvalue weighted by atomic mass is 16.4. The van der Waals surface area contributed by atoms with Crippen LogP contribution in [-0.4, -0.2) is 22.1 Å². The largest absolute Gasteiger partial charge is 0.480 e. The number of aromatic nitrogens is 1. The monoisotopic (exact) mass is 346 g/mol. The van der Waals surface area contributed by atoms with E-state index in [1.165, 1.54) is 34.7 Å². The number of fused-ring (bicyclic) bond motifs is 1. The Bertz CT molecular complexity index is 963. The van der Waals surface area contributed by atoms with E-state index in [-0.39, 0.29) is 0 Å². The van der Waals surface area contributed by atoms with Crippen molar-refractivity contribution in [2.45, 2.75) is 38.1 Å². The number of rotatable bonds is 6. The lowest BCUT2D eigenvalue weighted by molar-refractivity contribution is -0.137. The minimum atomic E-state index is -0.869. The molecule has 132 valence electrons. The summed E-state index contributed by atoms with van der Waals surface area (Å²) in [6, 6.07) is 14.2. The van der Waals surface area contributed by atoms with Crippen LogP contribution in [0.4, 0.5) is 5.69 Å². The van der Waals surface area contributed by atoms with Crippen LogP contribution in [0.5, 0.6) is 0 Å². The van der Waals surface area contributed by atoms with E-state index in [1.54, 1.807) is 13.1 Å². The molecule has 0 spiro atoms. The molecule has 2 aromatic carbocycles. The molecular weight excluding hydrogens is 324 g/mol. The molecule has 2 N–H and O–H groups in total. The van der Waals surface area contributed by atoms with E-state index >= 15 is 0 Å². The molecule has 3 aromatic rings. The number of aliphatic carboxylic acids is 1. The normalized spacial score (nSPS) is 15.0. The quantitative estimate of drug-likeness (QED) is 0.685. The van der Waals surface area contributed by atoms with Crippen LogP contribution in [0.1, 0.15) is 42.4 Å². The zero-order valence-electron chi connectivity index (χ0n) is 14.8. The second kappa shape index (κ2) is 6.79. The summed E-state index contributed by atoms with van der Waals surface area (Å²) in [5.41, 5.74) is 4.52. The Kier molecular flexibility index (Phi) is 4.33. The molecule has 4 nitrogen and oxygen atoms in total. The van der Waals surface area contributed by atoms with Crippen LogP contribution in [0, 0.1) is 0 Å². The van der Waals surface area contributed by atoms with E-state index in [0.29, 0.717) is 12.3 Å². The number of nitrogens with one attached hydrogen (secondary N) is 1. The van der Waals surface area contributed by atoms with Crippen molar-refractivity contribution in [1.29, 1.82) is 0 Å². The van der Waals surface area contributed by atoms with Gasteiger partial charge in [0.25, 0.3) is 0 Å². The molecule has 1 unspecified atom stereocenters. The molecule has 1 aromatic heterocycles. The molecule has 1 aliphatic carbocycles. The summed E-state index contributed by atoms with van der Waals surface area (Å²) in [4.78, 5) is 15.4. The first kappa shape index (κ1) is 16.6. The first-order valence-electron chi connectivity index (χ1n) is 9.06. The van der Waals surface area contributed by atoms with Crippen LogP contribution in [-0.2, 0) is 11.2 Å². The van der Waals surface area contributed by atoms with Crippen molar-refractivity contribution >= 4 is 22.4 Å². The smallest absolute Gasteiger partial charge is 0.325 e. The van der Waals surface area contributed by atoms with Gasteiger partial charge >= 0.3 is 5.97 Å². The number of benzene rings is 2. The molecular formula is C22H22N2O2. The lowest BCUT2D eigenvalue weighted by atomic mass is 9.93. The number of carbonyl (C=O) groups is 1. The lowest BCUT2D eigenvalue weighted by Gasteiger charge is -2.16. The number of carboxylic acids is 1. The van der Waals surface area contributed by atoms with E-state index < -0.39 is 12.0 Å². The average Bonchev–Trinajstić information content (AvgIpc) is 3.48. The van der Waals surface area contributed by atoms with Gasteiger partial charge in [0, 0.05) is 24.5 Å². The molecule has 0 bridgehead atoms. The van der Waals surface area contributed by atoms with Crippen LogP contribution in [0.25, 0.3) is 10.8 Å². The van der Waals surface area contributed by atoms with E-state index in [1.807, 2.05) is 12.3 Å². The molecule has 1 saturated carbocycles. The maximum Gasteiger partial charge on any atom is 0.325 e. The van der Waals surface area contributed by atoms with Crippen molar-refractivity contribution in [2.24, 2.45) is 0 Å². The van der Waals surface area contributed by atoms with Gasteiger partial charge < -0.3 is 10.4 Å². The Morgan fingerprint density at radius 1 is 1.15 bits per heavy atom. The molecule has 1 aliphatic rings. The molecule has 1 atom stereocenters. The SMILES string of the molecule is CC(Nc1ccncc1Cc1ccc(C2CC2)c2ccccc12)C(=O)O. The predicted molar refractivity (Wildman–Crippen MR) is 104 cm³/mol. The van der Waals surface area contributed by atoms with Crippen LogP contribution in [0.15, 0.2) is 54.9 Å². The van der Waals surface area contributed by atoms with Crippen LogP contribution < -0.4 is 5.32 Å². The fraction of sp³-hybridized carbons (Fsp3) is 0.273. The van der Waals surface area contributed by atoms with E-state index in [0.717, 1.165) is 11.3 Å². The number of anilines is 1. The standard InChI is InChI=1S/C22H22N2O2/c1-14(22(25)26)24-21-10-11-23-13-17(21)12-16-8-9-19(15-6-7-15)20-5-3-2-4-18(16)20/h2-5,8-11,13-15H,6-7,12H2,1H3,(H,23,24)(H,25,26). The maximum atomic E-state index is 11.2. The van der Waals surface area contributed by atoms with Gasteiger partial charge in [0.05, 0.1) is 0 Å². The number of hydrogen-bond acceptors (Lipinski definition) is 3. The predicted octanol–water partition coefficient (Wildman–Crippen LogP) is 4.59. The van der Waals surface area contributed by atoms with Crippen molar-refractivity contribution in [3.05, 3.63) is 71.5 Å². The lowest BCUT2D eigenvalue weighted by Crippen LogP contribution is -2.26. The maximum absolute atomic E-state index is 11.2. The molecule has 1 heterocycles. The molecule has 4 heteroatoms. The number of hydrogen-bond donors (Lipinski definition) is 2. The Labute approximate surface area is 152 Å². The van der Waals surface area contributed by atoms with Gasteiger partial charge in [-0.2, -0.15) is 0 Å². The Morgan fingerprint density at radius 3 is 2.65 bits per heavy atom. The van der Waals surface area contributed by atoms with Crippen molar-refractivity contribution in [1.82, 2.24) is 4.98 Å². The minimum Gasteiger partial charge on any atom is -0.480 e. The fourth-order valence-corrected chi connectivity index (χ4v) is 3.50. The molecule has 0 aliphatic heterocycles. The summed E-state index contributed by atoms with van der Waals surface area (Å²) in [6.07, 6.45) is 6.79. The number of nitrogens with zero attached hydrogens (tertiary/aromatic N) is 1. The Hall–Kier alpha value is -2.88. The van der Waals surface area contributed by atoms with E-state index in [2.05, 4.69) is 46.7 Å². The summed E-state index contributed by atoms with van der Waals surface area (Å²) in [7, 11) is 0. The highest BCUT2D eigenvalue weighted by Crippen LogP contribution is 2.43. The fourth-order valence-electron chi connectivity index (χ4n) is 3.50. The van der Waals surface area contributed by atoms with Crippen molar-refractivity contribution in [3.63, 3.8) is 0 Å². The molecule has 4 rings (SSSR count). The molecule has 0 saturated heterocycles. The highest BCUT2D eigenvalue weighted by Gasteiger charge is 2.25. The van der Waals surface area contributed by atoms with Crippen LogP contribution in [0.3, 0.4) is 0 Å². The third kappa shape index (κ3) is 3.27. The summed E-state index contributed by atoms with van der Waals surface area (Å²) in [6.45, 7) is 1.65. The van der Waals surface area contributed by atoms with Crippen LogP contribution in [0.2, 0.25) is 0 Å². The summed E-state index contributed by atoms with van der Waals surface area (Å²) in [5.74, 6) is -0.159. The zero-order chi connectivity index (χ0) is 18.1. The van der Waals surface area contributed by atoms with Gasteiger partial charge in [0.1, 0.15) is 6.04 Å². The highest BCUT2D eigenvalue weighted by molar-refractivity contribution is 5.90. The minimum absolute atomic E-state index is 0.648. The first-order valence-corrected chi connectivity index (χ1v) is 9.06. The van der Waals surface area contributed by atoms with E-state index in [4.69, 9.17) is 0 Å².